The molecule has 0 amide bonds. The summed E-state index contributed by atoms with van der Waals surface area (Å²) in [5, 5.41) is 0. The van der Waals surface area contributed by atoms with Gasteiger partial charge in [0.25, 0.3) is 0 Å². The number of methoxy groups -OCH3 is 1. The Kier molecular flexibility index (Phi) is 12.8. The van der Waals surface area contributed by atoms with Gasteiger partial charge >= 0.3 is 0 Å². The fourth-order valence-corrected chi connectivity index (χ4v) is 0.972. The van der Waals surface area contributed by atoms with Crippen molar-refractivity contribution in [1.29, 1.82) is 0 Å². The van der Waals surface area contributed by atoms with Crippen LogP contribution in [0.15, 0.2) is 0 Å². The molecule has 0 N–H and O–H groups in total. The molecule has 0 saturated carbocycles. The van der Waals surface area contributed by atoms with Gasteiger partial charge in [-0.15, -0.1) is 12.4 Å². The van der Waals surface area contributed by atoms with Crippen molar-refractivity contribution in [1.82, 2.24) is 4.90 Å². The van der Waals surface area contributed by atoms with Gasteiger partial charge in [0.05, 0.1) is 0 Å². The lowest BCUT2D eigenvalue weighted by Crippen LogP contribution is -2.24. The monoisotopic (exact) mass is 181 g/mol. The van der Waals surface area contributed by atoms with E-state index >= 15 is 0 Å². The first kappa shape index (κ1) is 13.8. The third kappa shape index (κ3) is 8.11. The topological polar surface area (TPSA) is 12.5 Å². The van der Waals surface area contributed by atoms with Crippen LogP contribution in [-0.2, 0) is 4.74 Å². The lowest BCUT2D eigenvalue weighted by atomic mass is 10.4. The molecule has 0 unspecified atom stereocenters. The highest BCUT2D eigenvalue weighted by Gasteiger charge is 1.96. The molecule has 11 heavy (non-hydrogen) atoms. The number of hydrogen-bond donors (Lipinski definition) is 0. The molecule has 0 aliphatic heterocycles. The number of rotatable bonds is 6. The van der Waals surface area contributed by atoms with Gasteiger partial charge in [-0.3, -0.25) is 0 Å². The van der Waals surface area contributed by atoms with Crippen molar-refractivity contribution in [2.24, 2.45) is 0 Å². The van der Waals surface area contributed by atoms with Gasteiger partial charge in [0.2, 0.25) is 0 Å². The number of ether oxygens (including phenoxy) is 1. The van der Waals surface area contributed by atoms with Crippen molar-refractivity contribution in [2.45, 2.75) is 20.3 Å². The Morgan fingerprint density at radius 3 is 2.09 bits per heavy atom. The standard InChI is InChI=1S/C8H19NO.ClH/c1-4-9(5-2)7-6-8-10-3;/h4-8H2,1-3H3;1H. The third-order valence-electron chi connectivity index (χ3n) is 1.72. The zero-order chi connectivity index (χ0) is 7.82. The maximum absolute atomic E-state index is 4.95. The van der Waals surface area contributed by atoms with E-state index in [4.69, 9.17) is 4.74 Å². The molecule has 0 aromatic carbocycles. The van der Waals surface area contributed by atoms with Crippen molar-refractivity contribution in [2.75, 3.05) is 33.4 Å². The molecule has 0 fully saturated rings. The zero-order valence-corrected chi connectivity index (χ0v) is 8.62. The van der Waals surface area contributed by atoms with E-state index in [1.807, 2.05) is 0 Å². The molecule has 0 bridgehead atoms. The van der Waals surface area contributed by atoms with Crippen molar-refractivity contribution in [3.05, 3.63) is 0 Å². The molecule has 0 aromatic rings. The number of halogens is 1. The summed E-state index contributed by atoms with van der Waals surface area (Å²) in [4.78, 5) is 2.40. The summed E-state index contributed by atoms with van der Waals surface area (Å²) in [7, 11) is 1.75. The Labute approximate surface area is 76.3 Å². The summed E-state index contributed by atoms with van der Waals surface area (Å²) in [5.74, 6) is 0. The Morgan fingerprint density at radius 2 is 1.73 bits per heavy atom. The lowest BCUT2D eigenvalue weighted by Gasteiger charge is -2.16. The molecule has 0 aliphatic carbocycles. The second kappa shape index (κ2) is 10.2. The molecule has 0 spiro atoms. The summed E-state index contributed by atoms with van der Waals surface area (Å²) < 4.78 is 4.95. The number of nitrogens with zero attached hydrogens (tertiary/aromatic N) is 1. The Bertz CT molecular complexity index is 67.1. The average Bonchev–Trinajstić information content (AvgIpc) is 1.99. The van der Waals surface area contributed by atoms with Crippen LogP contribution in [-0.4, -0.2) is 38.3 Å². The highest BCUT2D eigenvalue weighted by atomic mass is 35.5. The van der Waals surface area contributed by atoms with Gasteiger partial charge in [-0.05, 0) is 19.5 Å². The van der Waals surface area contributed by atoms with E-state index in [9.17, 15) is 0 Å². The molecule has 70 valence electrons. The summed E-state index contributed by atoms with van der Waals surface area (Å²) in [6.45, 7) is 8.74. The molecule has 0 heterocycles. The van der Waals surface area contributed by atoms with Crippen molar-refractivity contribution in [3.63, 3.8) is 0 Å². The van der Waals surface area contributed by atoms with Crippen molar-refractivity contribution < 1.29 is 4.74 Å². The predicted molar refractivity (Wildman–Crippen MR) is 51.5 cm³/mol. The molecule has 0 atom stereocenters. The van der Waals surface area contributed by atoms with E-state index in [1.54, 1.807) is 7.11 Å². The van der Waals surface area contributed by atoms with Crippen LogP contribution < -0.4 is 0 Å². The molecule has 0 rings (SSSR count). The lowest BCUT2D eigenvalue weighted by molar-refractivity contribution is 0.175. The molecule has 0 radical (unpaired) electrons. The van der Waals surface area contributed by atoms with Gasteiger partial charge in [-0.1, -0.05) is 13.8 Å². The molecule has 0 aromatic heterocycles. The van der Waals surface area contributed by atoms with Crippen LogP contribution in [0.5, 0.6) is 0 Å². The molecular weight excluding hydrogens is 162 g/mol. The quantitative estimate of drug-likeness (QED) is 0.580. The minimum absolute atomic E-state index is 0. The van der Waals surface area contributed by atoms with Gasteiger partial charge < -0.3 is 9.64 Å². The van der Waals surface area contributed by atoms with Crippen LogP contribution in [0.2, 0.25) is 0 Å². The normalized spacial score (nSPS) is 9.82. The van der Waals surface area contributed by atoms with E-state index in [0.717, 1.165) is 26.1 Å². The first-order valence-electron chi connectivity index (χ1n) is 4.06. The van der Waals surface area contributed by atoms with E-state index in [0.29, 0.717) is 0 Å². The first-order valence-corrected chi connectivity index (χ1v) is 4.06. The predicted octanol–water partition coefficient (Wildman–Crippen LogP) is 1.79. The van der Waals surface area contributed by atoms with Gasteiger partial charge in [-0.2, -0.15) is 0 Å². The molecule has 3 heteroatoms. The van der Waals surface area contributed by atoms with Crippen LogP contribution in [0.4, 0.5) is 0 Å². The van der Waals surface area contributed by atoms with Gasteiger partial charge in [0, 0.05) is 20.3 Å². The van der Waals surface area contributed by atoms with Gasteiger partial charge in [0.15, 0.2) is 0 Å². The smallest absolute Gasteiger partial charge is 0.0474 e. The van der Waals surface area contributed by atoms with Crippen LogP contribution >= 0.6 is 12.4 Å². The van der Waals surface area contributed by atoms with Crippen molar-refractivity contribution >= 4 is 12.4 Å². The summed E-state index contributed by atoms with van der Waals surface area (Å²) in [5.41, 5.74) is 0. The maximum atomic E-state index is 4.95. The maximum Gasteiger partial charge on any atom is 0.0474 e. The fraction of sp³-hybridized carbons (Fsp3) is 1.00. The highest BCUT2D eigenvalue weighted by Crippen LogP contribution is 1.89. The van der Waals surface area contributed by atoms with E-state index in [1.165, 1.54) is 6.54 Å². The van der Waals surface area contributed by atoms with E-state index in [2.05, 4.69) is 18.7 Å². The summed E-state index contributed by atoms with van der Waals surface area (Å²) in [6.07, 6.45) is 1.15. The van der Waals surface area contributed by atoms with Crippen LogP contribution in [0.1, 0.15) is 20.3 Å². The Hall–Kier alpha value is 0.210. The van der Waals surface area contributed by atoms with Crippen LogP contribution in [0, 0.1) is 0 Å². The minimum atomic E-state index is 0. The Balaban J connectivity index is 0. The zero-order valence-electron chi connectivity index (χ0n) is 7.80. The SMILES string of the molecule is CCN(CC)CCCOC.Cl. The second-order valence-corrected chi connectivity index (χ2v) is 2.37. The minimum Gasteiger partial charge on any atom is -0.385 e. The van der Waals surface area contributed by atoms with Gasteiger partial charge in [0.1, 0.15) is 0 Å². The first-order chi connectivity index (χ1) is 4.85. The highest BCUT2D eigenvalue weighted by molar-refractivity contribution is 5.85. The van der Waals surface area contributed by atoms with E-state index < -0.39 is 0 Å². The van der Waals surface area contributed by atoms with Gasteiger partial charge in [-0.25, -0.2) is 0 Å². The molecule has 0 saturated heterocycles. The Morgan fingerprint density at radius 1 is 1.18 bits per heavy atom. The molecule has 0 aliphatic rings. The summed E-state index contributed by atoms with van der Waals surface area (Å²) >= 11 is 0. The van der Waals surface area contributed by atoms with Crippen molar-refractivity contribution in [3.8, 4) is 0 Å². The number of hydrogen-bond acceptors (Lipinski definition) is 2. The molecular formula is C8H20ClNO. The molecule has 2 nitrogen and oxygen atoms in total. The second-order valence-electron chi connectivity index (χ2n) is 2.37. The summed E-state index contributed by atoms with van der Waals surface area (Å²) in [6, 6.07) is 0. The average molecular weight is 182 g/mol. The van der Waals surface area contributed by atoms with Crippen LogP contribution in [0.25, 0.3) is 0 Å². The fourth-order valence-electron chi connectivity index (χ4n) is 0.972. The third-order valence-corrected chi connectivity index (χ3v) is 1.72. The van der Waals surface area contributed by atoms with E-state index in [-0.39, 0.29) is 12.4 Å². The van der Waals surface area contributed by atoms with Crippen LogP contribution in [0.3, 0.4) is 0 Å². The largest absolute Gasteiger partial charge is 0.385 e.